The topological polar surface area (TPSA) is 49.1 Å². The van der Waals surface area contributed by atoms with Gasteiger partial charge in [0, 0.05) is 17.5 Å². The highest BCUT2D eigenvalue weighted by Gasteiger charge is 2.05. The predicted molar refractivity (Wildman–Crippen MR) is 60.1 cm³/mol. The lowest BCUT2D eigenvalue weighted by atomic mass is 10.1. The van der Waals surface area contributed by atoms with Crippen LogP contribution >= 0.6 is 11.6 Å². The second-order valence-corrected chi connectivity index (χ2v) is 3.66. The summed E-state index contributed by atoms with van der Waals surface area (Å²) in [6.07, 6.45) is 1.71. The summed E-state index contributed by atoms with van der Waals surface area (Å²) in [5.41, 5.74) is 2.18. The maximum Gasteiger partial charge on any atom is 0.162 e. The largest absolute Gasteiger partial charge is 0.305 e. The highest BCUT2D eigenvalue weighted by atomic mass is 35.5. The first-order valence-corrected chi connectivity index (χ1v) is 4.61. The van der Waals surface area contributed by atoms with Crippen LogP contribution in [0.25, 0.3) is 0 Å². The number of pyridine rings is 1. The van der Waals surface area contributed by atoms with Crippen molar-refractivity contribution in [2.75, 3.05) is 0 Å². The molecular weight excluding hydrogens is 198 g/mol. The van der Waals surface area contributed by atoms with Crippen molar-refractivity contribution in [1.29, 1.82) is 5.41 Å². The number of rotatable bonds is 2. The van der Waals surface area contributed by atoms with Crippen LogP contribution in [0.15, 0.2) is 17.3 Å². The van der Waals surface area contributed by atoms with Crippen LogP contribution in [0.2, 0.25) is 0 Å². The molecular formula is C10H12ClN3. The number of nitrogens with zero attached hydrogens (tertiary/aromatic N) is 2. The lowest BCUT2D eigenvalue weighted by molar-refractivity contribution is 1.22. The summed E-state index contributed by atoms with van der Waals surface area (Å²) in [7, 11) is 0. The Bertz CT molecular complexity index is 392. The lowest BCUT2D eigenvalue weighted by Crippen LogP contribution is -1.96. The molecule has 0 fully saturated rings. The third kappa shape index (κ3) is 2.64. The number of hydrogen-bond acceptors (Lipinski definition) is 3. The van der Waals surface area contributed by atoms with E-state index in [1.807, 2.05) is 13.0 Å². The number of aliphatic imine (C=N–C) groups is 1. The van der Waals surface area contributed by atoms with E-state index in [1.165, 1.54) is 0 Å². The normalized spacial score (nSPS) is 11.6. The Morgan fingerprint density at radius 3 is 2.64 bits per heavy atom. The van der Waals surface area contributed by atoms with Crippen molar-refractivity contribution in [3.8, 4) is 0 Å². The van der Waals surface area contributed by atoms with E-state index in [-0.39, 0.29) is 0 Å². The Morgan fingerprint density at radius 1 is 1.50 bits per heavy atom. The van der Waals surface area contributed by atoms with Crippen molar-refractivity contribution in [2.45, 2.75) is 20.8 Å². The maximum atomic E-state index is 7.56. The van der Waals surface area contributed by atoms with Crippen LogP contribution in [0, 0.1) is 12.3 Å². The molecule has 0 aliphatic rings. The Kier molecular flexibility index (Phi) is 3.36. The highest BCUT2D eigenvalue weighted by molar-refractivity contribution is 6.65. The van der Waals surface area contributed by atoms with Crippen molar-refractivity contribution in [3.63, 3.8) is 0 Å². The molecule has 0 bridgehead atoms. The van der Waals surface area contributed by atoms with Gasteiger partial charge in [-0.2, -0.15) is 0 Å². The molecule has 0 aliphatic carbocycles. The second kappa shape index (κ2) is 4.33. The quantitative estimate of drug-likeness (QED) is 0.748. The number of nitrogens with one attached hydrogen (secondary N) is 1. The molecule has 0 unspecified atom stereocenters. The number of aryl methyl sites for hydroxylation is 1. The van der Waals surface area contributed by atoms with E-state index < -0.39 is 0 Å². The van der Waals surface area contributed by atoms with Gasteiger partial charge in [0.15, 0.2) is 5.82 Å². The van der Waals surface area contributed by atoms with Gasteiger partial charge in [-0.1, -0.05) is 11.6 Å². The van der Waals surface area contributed by atoms with Gasteiger partial charge >= 0.3 is 0 Å². The molecule has 0 spiro atoms. The van der Waals surface area contributed by atoms with Crippen LogP contribution in [-0.4, -0.2) is 15.9 Å². The summed E-state index contributed by atoms with van der Waals surface area (Å²) in [4.78, 5) is 8.18. The summed E-state index contributed by atoms with van der Waals surface area (Å²) in [6.45, 7) is 5.33. The van der Waals surface area contributed by atoms with E-state index in [1.54, 1.807) is 20.0 Å². The molecule has 0 amide bonds. The summed E-state index contributed by atoms with van der Waals surface area (Å²) in [5.74, 6) is 0.510. The van der Waals surface area contributed by atoms with E-state index >= 15 is 0 Å². The molecule has 1 aromatic rings. The first kappa shape index (κ1) is 10.9. The molecule has 0 aliphatic heterocycles. The Labute approximate surface area is 88.4 Å². The molecule has 0 radical (unpaired) electrons. The van der Waals surface area contributed by atoms with Crippen LogP contribution in [0.1, 0.15) is 25.0 Å². The Morgan fingerprint density at radius 2 is 2.14 bits per heavy atom. The third-order valence-corrected chi connectivity index (χ3v) is 1.75. The van der Waals surface area contributed by atoms with Gasteiger partial charge in [0.25, 0.3) is 0 Å². The monoisotopic (exact) mass is 209 g/mol. The van der Waals surface area contributed by atoms with Gasteiger partial charge in [0.2, 0.25) is 0 Å². The van der Waals surface area contributed by atoms with Crippen molar-refractivity contribution in [3.05, 3.63) is 23.4 Å². The summed E-state index contributed by atoms with van der Waals surface area (Å²) >= 11 is 5.67. The summed E-state index contributed by atoms with van der Waals surface area (Å²) in [5, 5.41) is 7.99. The van der Waals surface area contributed by atoms with E-state index in [9.17, 15) is 0 Å². The minimum absolute atomic E-state index is 0.420. The molecule has 1 rings (SSSR count). The van der Waals surface area contributed by atoms with Crippen LogP contribution in [0.4, 0.5) is 5.82 Å². The van der Waals surface area contributed by atoms with Gasteiger partial charge in [0.05, 0.1) is 0 Å². The zero-order valence-corrected chi connectivity index (χ0v) is 9.18. The average molecular weight is 210 g/mol. The van der Waals surface area contributed by atoms with Crippen molar-refractivity contribution < 1.29 is 0 Å². The van der Waals surface area contributed by atoms with E-state index in [0.29, 0.717) is 16.7 Å². The van der Waals surface area contributed by atoms with Crippen LogP contribution < -0.4 is 0 Å². The predicted octanol–water partition coefficient (Wildman–Crippen LogP) is 3.07. The number of hydrogen-bond donors (Lipinski definition) is 1. The van der Waals surface area contributed by atoms with Crippen molar-refractivity contribution in [1.82, 2.24) is 4.98 Å². The van der Waals surface area contributed by atoms with Crippen molar-refractivity contribution >= 4 is 28.3 Å². The molecule has 1 N–H and O–H groups in total. The van der Waals surface area contributed by atoms with Gasteiger partial charge in [-0.05, 0) is 32.4 Å². The molecule has 1 aromatic heterocycles. The zero-order valence-electron chi connectivity index (χ0n) is 8.43. The average Bonchev–Trinajstić information content (AvgIpc) is 2.07. The molecule has 4 heteroatoms. The van der Waals surface area contributed by atoms with Crippen LogP contribution in [-0.2, 0) is 0 Å². The molecule has 3 nitrogen and oxygen atoms in total. The summed E-state index contributed by atoms with van der Waals surface area (Å²) < 4.78 is 0. The molecule has 0 atom stereocenters. The molecule has 1 heterocycles. The first-order valence-electron chi connectivity index (χ1n) is 4.23. The third-order valence-electron chi connectivity index (χ3n) is 1.67. The summed E-state index contributed by atoms with van der Waals surface area (Å²) in [6, 6.07) is 1.88. The molecule has 14 heavy (non-hydrogen) atoms. The van der Waals surface area contributed by atoms with E-state index in [4.69, 9.17) is 17.0 Å². The van der Waals surface area contributed by atoms with Gasteiger partial charge in [-0.15, -0.1) is 0 Å². The smallest absolute Gasteiger partial charge is 0.162 e. The highest BCUT2D eigenvalue weighted by Crippen LogP contribution is 2.18. The fourth-order valence-electron chi connectivity index (χ4n) is 1.07. The fourth-order valence-corrected chi connectivity index (χ4v) is 1.15. The fraction of sp³-hybridized carbons (Fsp3) is 0.300. The van der Waals surface area contributed by atoms with Gasteiger partial charge < -0.3 is 5.41 Å². The number of aromatic nitrogens is 1. The lowest BCUT2D eigenvalue weighted by Gasteiger charge is -2.03. The van der Waals surface area contributed by atoms with Gasteiger partial charge in [-0.3, -0.25) is 0 Å². The van der Waals surface area contributed by atoms with E-state index in [0.717, 1.165) is 11.1 Å². The SMILES string of the molecule is CC(=N)c1cc(C)cnc1/N=C(\C)Cl. The molecule has 0 saturated heterocycles. The molecule has 74 valence electrons. The van der Waals surface area contributed by atoms with Crippen LogP contribution in [0.5, 0.6) is 0 Å². The molecule has 0 aromatic carbocycles. The standard InChI is InChI=1S/C10H12ClN3/c1-6-4-9(7(2)12)10(13-5-6)14-8(3)11/h4-5,12H,1-3H3/b12-7?,14-8+. The Hall–Kier alpha value is -1.22. The van der Waals surface area contributed by atoms with Gasteiger partial charge in [0.1, 0.15) is 5.17 Å². The minimum Gasteiger partial charge on any atom is -0.305 e. The second-order valence-electron chi connectivity index (χ2n) is 3.12. The zero-order chi connectivity index (χ0) is 10.7. The minimum atomic E-state index is 0.420. The van der Waals surface area contributed by atoms with Crippen molar-refractivity contribution in [2.24, 2.45) is 4.99 Å². The first-order chi connectivity index (χ1) is 6.50. The molecule has 0 saturated carbocycles. The van der Waals surface area contributed by atoms with Gasteiger partial charge in [-0.25, -0.2) is 9.98 Å². The maximum absolute atomic E-state index is 7.56. The van der Waals surface area contributed by atoms with E-state index in [2.05, 4.69) is 9.98 Å². The Balaban J connectivity index is 3.29. The number of halogens is 1. The van der Waals surface area contributed by atoms with Crippen LogP contribution in [0.3, 0.4) is 0 Å².